The molecule has 1 aromatic rings. The van der Waals surface area contributed by atoms with Gasteiger partial charge in [0, 0.05) is 25.3 Å². The van der Waals surface area contributed by atoms with E-state index in [4.69, 9.17) is 5.73 Å². The summed E-state index contributed by atoms with van der Waals surface area (Å²) < 4.78 is 0. The van der Waals surface area contributed by atoms with Crippen LogP contribution in [0.4, 0.5) is 5.82 Å². The smallest absolute Gasteiger partial charge is 0.128 e. The molecule has 1 aliphatic rings. The molecular weight excluding hydrogens is 198 g/mol. The quantitative estimate of drug-likeness (QED) is 0.849. The van der Waals surface area contributed by atoms with E-state index in [0.29, 0.717) is 6.04 Å². The first kappa shape index (κ1) is 11.4. The van der Waals surface area contributed by atoms with Gasteiger partial charge in [0.2, 0.25) is 0 Å². The lowest BCUT2D eigenvalue weighted by Gasteiger charge is -2.25. The Bertz CT molecular complexity index is 326. The van der Waals surface area contributed by atoms with Crippen LogP contribution in [0.15, 0.2) is 18.3 Å². The standard InChI is InChI=1S/C13H21N3/c1-10(14)11-7-8-13(15-9-11)16(2)12-5-3-4-6-12/h7-10,12H,3-6,14H2,1-2H3. The summed E-state index contributed by atoms with van der Waals surface area (Å²) in [4.78, 5) is 6.79. The third-order valence-electron chi connectivity index (χ3n) is 3.53. The molecule has 2 rings (SSSR count). The fourth-order valence-corrected chi connectivity index (χ4v) is 2.35. The molecule has 2 N–H and O–H groups in total. The normalized spacial score (nSPS) is 18.7. The van der Waals surface area contributed by atoms with Crippen molar-refractivity contribution in [2.75, 3.05) is 11.9 Å². The minimum Gasteiger partial charge on any atom is -0.357 e. The Morgan fingerprint density at radius 3 is 2.56 bits per heavy atom. The summed E-state index contributed by atoms with van der Waals surface area (Å²) >= 11 is 0. The highest BCUT2D eigenvalue weighted by Gasteiger charge is 2.20. The van der Waals surface area contributed by atoms with Gasteiger partial charge >= 0.3 is 0 Å². The summed E-state index contributed by atoms with van der Waals surface area (Å²) in [5, 5.41) is 0. The van der Waals surface area contributed by atoms with Crippen LogP contribution in [0.2, 0.25) is 0 Å². The predicted molar refractivity (Wildman–Crippen MR) is 67.5 cm³/mol. The Morgan fingerprint density at radius 1 is 1.38 bits per heavy atom. The maximum Gasteiger partial charge on any atom is 0.128 e. The fraction of sp³-hybridized carbons (Fsp3) is 0.615. The minimum absolute atomic E-state index is 0.0679. The number of hydrogen-bond acceptors (Lipinski definition) is 3. The molecule has 0 aliphatic heterocycles. The molecule has 1 aliphatic carbocycles. The molecule has 0 spiro atoms. The van der Waals surface area contributed by atoms with Gasteiger partial charge in [-0.1, -0.05) is 18.9 Å². The molecule has 1 atom stereocenters. The summed E-state index contributed by atoms with van der Waals surface area (Å²) in [6, 6.07) is 4.90. The SMILES string of the molecule is CC(N)c1ccc(N(C)C2CCCC2)nc1. The topological polar surface area (TPSA) is 42.1 Å². The molecule has 0 saturated heterocycles. The van der Waals surface area contributed by atoms with E-state index in [2.05, 4.69) is 29.1 Å². The minimum atomic E-state index is 0.0679. The highest BCUT2D eigenvalue weighted by Crippen LogP contribution is 2.26. The van der Waals surface area contributed by atoms with Crippen molar-refractivity contribution in [1.82, 2.24) is 4.98 Å². The van der Waals surface area contributed by atoms with Crippen molar-refractivity contribution in [2.45, 2.75) is 44.7 Å². The largest absolute Gasteiger partial charge is 0.357 e. The molecule has 1 heterocycles. The lowest BCUT2D eigenvalue weighted by atomic mass is 10.1. The summed E-state index contributed by atoms with van der Waals surface area (Å²) in [6.45, 7) is 1.98. The molecule has 0 bridgehead atoms. The zero-order chi connectivity index (χ0) is 11.5. The summed E-state index contributed by atoms with van der Waals surface area (Å²) in [5.41, 5.74) is 6.91. The van der Waals surface area contributed by atoms with Crippen molar-refractivity contribution in [1.29, 1.82) is 0 Å². The molecule has 16 heavy (non-hydrogen) atoms. The van der Waals surface area contributed by atoms with Crippen LogP contribution in [0.3, 0.4) is 0 Å². The number of nitrogens with zero attached hydrogens (tertiary/aromatic N) is 2. The second-order valence-electron chi connectivity index (χ2n) is 4.79. The van der Waals surface area contributed by atoms with E-state index >= 15 is 0 Å². The van der Waals surface area contributed by atoms with Crippen LogP contribution in [-0.2, 0) is 0 Å². The molecule has 0 radical (unpaired) electrons. The Labute approximate surface area is 97.7 Å². The zero-order valence-corrected chi connectivity index (χ0v) is 10.2. The van der Waals surface area contributed by atoms with E-state index < -0.39 is 0 Å². The first-order valence-electron chi connectivity index (χ1n) is 6.13. The highest BCUT2D eigenvalue weighted by atomic mass is 15.2. The molecule has 3 nitrogen and oxygen atoms in total. The third-order valence-corrected chi connectivity index (χ3v) is 3.53. The first-order chi connectivity index (χ1) is 7.68. The number of aromatic nitrogens is 1. The number of anilines is 1. The van der Waals surface area contributed by atoms with Gasteiger partial charge < -0.3 is 10.6 Å². The van der Waals surface area contributed by atoms with Gasteiger partial charge in [-0.05, 0) is 31.4 Å². The average molecular weight is 219 g/mol. The van der Waals surface area contributed by atoms with E-state index in [0.717, 1.165) is 11.4 Å². The van der Waals surface area contributed by atoms with Crippen LogP contribution < -0.4 is 10.6 Å². The van der Waals surface area contributed by atoms with Gasteiger partial charge in [-0.3, -0.25) is 0 Å². The van der Waals surface area contributed by atoms with Crippen molar-refractivity contribution >= 4 is 5.82 Å². The molecule has 1 unspecified atom stereocenters. The fourth-order valence-electron chi connectivity index (χ4n) is 2.35. The second kappa shape index (κ2) is 4.83. The molecule has 3 heteroatoms. The van der Waals surface area contributed by atoms with Gasteiger partial charge in [-0.15, -0.1) is 0 Å². The maximum atomic E-state index is 5.81. The first-order valence-corrected chi connectivity index (χ1v) is 6.13. The van der Waals surface area contributed by atoms with Crippen molar-refractivity contribution in [3.63, 3.8) is 0 Å². The van der Waals surface area contributed by atoms with Gasteiger partial charge in [-0.25, -0.2) is 4.98 Å². The Morgan fingerprint density at radius 2 is 2.06 bits per heavy atom. The van der Waals surface area contributed by atoms with E-state index in [1.54, 1.807) is 0 Å². The third kappa shape index (κ3) is 2.35. The van der Waals surface area contributed by atoms with E-state index in [1.165, 1.54) is 25.7 Å². The van der Waals surface area contributed by atoms with Crippen LogP contribution in [0.1, 0.15) is 44.2 Å². The second-order valence-corrected chi connectivity index (χ2v) is 4.79. The van der Waals surface area contributed by atoms with Gasteiger partial charge in [0.05, 0.1) is 0 Å². The molecule has 88 valence electrons. The molecule has 1 fully saturated rings. The number of rotatable bonds is 3. The van der Waals surface area contributed by atoms with Crippen molar-refractivity contribution in [2.24, 2.45) is 5.73 Å². The zero-order valence-electron chi connectivity index (χ0n) is 10.2. The van der Waals surface area contributed by atoms with Crippen LogP contribution >= 0.6 is 0 Å². The highest BCUT2D eigenvalue weighted by molar-refractivity contribution is 5.40. The van der Waals surface area contributed by atoms with Crippen molar-refractivity contribution in [3.05, 3.63) is 23.9 Å². The van der Waals surface area contributed by atoms with Crippen molar-refractivity contribution < 1.29 is 0 Å². The number of pyridine rings is 1. The molecule has 1 saturated carbocycles. The van der Waals surface area contributed by atoms with Gasteiger partial charge in [0.25, 0.3) is 0 Å². The Hall–Kier alpha value is -1.09. The monoisotopic (exact) mass is 219 g/mol. The number of hydrogen-bond donors (Lipinski definition) is 1. The van der Waals surface area contributed by atoms with E-state index in [9.17, 15) is 0 Å². The molecular formula is C13H21N3. The molecule has 0 aromatic carbocycles. The van der Waals surface area contributed by atoms with E-state index in [1.807, 2.05) is 13.1 Å². The van der Waals surface area contributed by atoms with Crippen molar-refractivity contribution in [3.8, 4) is 0 Å². The van der Waals surface area contributed by atoms with Crippen LogP contribution in [-0.4, -0.2) is 18.1 Å². The van der Waals surface area contributed by atoms with Gasteiger partial charge in [0.1, 0.15) is 5.82 Å². The van der Waals surface area contributed by atoms with Gasteiger partial charge in [0.15, 0.2) is 0 Å². The predicted octanol–water partition coefficient (Wildman–Crippen LogP) is 2.48. The Kier molecular flexibility index (Phi) is 3.44. The lowest BCUT2D eigenvalue weighted by molar-refractivity contribution is 0.646. The Balaban J connectivity index is 2.08. The van der Waals surface area contributed by atoms with Crippen LogP contribution in [0, 0.1) is 0 Å². The van der Waals surface area contributed by atoms with Gasteiger partial charge in [-0.2, -0.15) is 0 Å². The summed E-state index contributed by atoms with van der Waals surface area (Å²) in [7, 11) is 2.14. The maximum absolute atomic E-state index is 5.81. The lowest BCUT2D eigenvalue weighted by Crippen LogP contribution is -2.29. The van der Waals surface area contributed by atoms with Crippen LogP contribution in [0.5, 0.6) is 0 Å². The average Bonchev–Trinajstić information content (AvgIpc) is 2.81. The van der Waals surface area contributed by atoms with E-state index in [-0.39, 0.29) is 6.04 Å². The summed E-state index contributed by atoms with van der Waals surface area (Å²) in [5.74, 6) is 1.07. The number of nitrogens with two attached hydrogens (primary N) is 1. The molecule has 0 amide bonds. The van der Waals surface area contributed by atoms with Crippen LogP contribution in [0.25, 0.3) is 0 Å². The molecule has 1 aromatic heterocycles. The summed E-state index contributed by atoms with van der Waals surface area (Å²) in [6.07, 6.45) is 7.20.